The van der Waals surface area contributed by atoms with Gasteiger partial charge in [0.05, 0.1) is 4.92 Å². The number of rotatable bonds is 4. The molecule has 0 bridgehead atoms. The first-order valence-electron chi connectivity index (χ1n) is 8.81. The van der Waals surface area contributed by atoms with E-state index in [9.17, 15) is 15.2 Å². The Bertz CT molecular complexity index is 953. The van der Waals surface area contributed by atoms with Crippen LogP contribution in [0, 0.1) is 10.1 Å². The number of nitro benzene ring substituents is 1. The summed E-state index contributed by atoms with van der Waals surface area (Å²) >= 11 is 0. The Kier molecular flexibility index (Phi) is 4.31. The zero-order valence-corrected chi connectivity index (χ0v) is 14.3. The second-order valence-corrected chi connectivity index (χ2v) is 6.78. The summed E-state index contributed by atoms with van der Waals surface area (Å²) in [6, 6.07) is 18.8. The molecule has 1 aliphatic heterocycles. The molecular weight excluding hydrogens is 328 g/mol. The average Bonchev–Trinajstić information content (AvgIpc) is 3.10. The van der Waals surface area contributed by atoms with E-state index >= 15 is 0 Å². The van der Waals surface area contributed by atoms with Gasteiger partial charge in [-0.05, 0) is 30.3 Å². The molecular formula is C21H20N2O3. The Morgan fingerprint density at radius 1 is 1.08 bits per heavy atom. The molecule has 0 radical (unpaired) electrons. The lowest BCUT2D eigenvalue weighted by atomic mass is 9.98. The largest absolute Gasteiger partial charge is 0.507 e. The minimum absolute atomic E-state index is 0.110. The first kappa shape index (κ1) is 16.5. The molecule has 0 saturated carbocycles. The molecule has 26 heavy (non-hydrogen) atoms. The fourth-order valence-electron chi connectivity index (χ4n) is 3.87. The van der Waals surface area contributed by atoms with Crippen molar-refractivity contribution in [3.63, 3.8) is 0 Å². The first-order chi connectivity index (χ1) is 12.6. The highest BCUT2D eigenvalue weighted by molar-refractivity contribution is 5.89. The number of phenolic OH excluding ortho intramolecular Hbond substituents is 1. The summed E-state index contributed by atoms with van der Waals surface area (Å²) in [6.07, 6.45) is 2.07. The van der Waals surface area contributed by atoms with Crippen molar-refractivity contribution in [3.05, 3.63) is 81.9 Å². The van der Waals surface area contributed by atoms with Gasteiger partial charge >= 0.3 is 0 Å². The van der Waals surface area contributed by atoms with Crippen LogP contribution in [0.3, 0.4) is 0 Å². The minimum Gasteiger partial charge on any atom is -0.507 e. The lowest BCUT2D eigenvalue weighted by Gasteiger charge is -2.26. The van der Waals surface area contributed by atoms with Crippen molar-refractivity contribution < 1.29 is 10.0 Å². The Morgan fingerprint density at radius 2 is 1.85 bits per heavy atom. The average molecular weight is 348 g/mol. The molecule has 4 rings (SSSR count). The van der Waals surface area contributed by atoms with Gasteiger partial charge < -0.3 is 5.11 Å². The SMILES string of the molecule is O=[N+]([O-])c1ccc(CN2CCCC2c2ccc3ccccc3c2O)cc1. The van der Waals surface area contributed by atoms with Crippen LogP contribution in [0.25, 0.3) is 10.8 Å². The topological polar surface area (TPSA) is 66.6 Å². The number of likely N-dealkylation sites (tertiary alicyclic amines) is 1. The Balaban J connectivity index is 1.60. The van der Waals surface area contributed by atoms with Crippen LogP contribution in [0.15, 0.2) is 60.7 Å². The number of nitro groups is 1. The maximum absolute atomic E-state index is 10.8. The molecule has 1 heterocycles. The number of nitrogens with zero attached hydrogens (tertiary/aromatic N) is 2. The zero-order valence-electron chi connectivity index (χ0n) is 14.3. The molecule has 0 spiro atoms. The molecule has 1 unspecified atom stereocenters. The van der Waals surface area contributed by atoms with Gasteiger partial charge in [-0.15, -0.1) is 0 Å². The normalized spacial score (nSPS) is 17.6. The molecule has 0 amide bonds. The Labute approximate surface area is 151 Å². The van der Waals surface area contributed by atoms with Crippen molar-refractivity contribution in [2.45, 2.75) is 25.4 Å². The predicted octanol–water partition coefficient (Wildman–Crippen LogP) is 4.79. The van der Waals surface area contributed by atoms with E-state index in [0.29, 0.717) is 5.75 Å². The van der Waals surface area contributed by atoms with Crippen LogP contribution in [0.1, 0.15) is 30.0 Å². The van der Waals surface area contributed by atoms with Crippen LogP contribution >= 0.6 is 0 Å². The summed E-state index contributed by atoms with van der Waals surface area (Å²) in [7, 11) is 0. The van der Waals surface area contributed by atoms with Gasteiger partial charge in [-0.3, -0.25) is 15.0 Å². The highest BCUT2D eigenvalue weighted by Crippen LogP contribution is 2.40. The van der Waals surface area contributed by atoms with Crippen LogP contribution in [-0.2, 0) is 6.54 Å². The molecule has 132 valence electrons. The number of hydrogen-bond donors (Lipinski definition) is 1. The van der Waals surface area contributed by atoms with E-state index in [-0.39, 0.29) is 16.7 Å². The molecule has 1 saturated heterocycles. The maximum Gasteiger partial charge on any atom is 0.269 e. The molecule has 0 aliphatic carbocycles. The number of hydrogen-bond acceptors (Lipinski definition) is 4. The van der Waals surface area contributed by atoms with Gasteiger partial charge in [0.15, 0.2) is 0 Å². The first-order valence-corrected chi connectivity index (χ1v) is 8.81. The molecule has 1 atom stereocenters. The number of non-ortho nitro benzene ring substituents is 1. The van der Waals surface area contributed by atoms with Gasteiger partial charge in [0.25, 0.3) is 5.69 Å². The van der Waals surface area contributed by atoms with Crippen molar-refractivity contribution in [3.8, 4) is 5.75 Å². The Morgan fingerprint density at radius 3 is 2.62 bits per heavy atom. The third-order valence-electron chi connectivity index (χ3n) is 5.19. The van der Waals surface area contributed by atoms with Crippen molar-refractivity contribution in [2.75, 3.05) is 6.54 Å². The fourth-order valence-corrected chi connectivity index (χ4v) is 3.87. The molecule has 1 aliphatic rings. The van der Waals surface area contributed by atoms with Gasteiger partial charge in [-0.25, -0.2) is 0 Å². The van der Waals surface area contributed by atoms with E-state index in [2.05, 4.69) is 11.0 Å². The summed E-state index contributed by atoms with van der Waals surface area (Å²) < 4.78 is 0. The fraction of sp³-hybridized carbons (Fsp3) is 0.238. The zero-order chi connectivity index (χ0) is 18.1. The second-order valence-electron chi connectivity index (χ2n) is 6.78. The summed E-state index contributed by atoms with van der Waals surface area (Å²) in [6.45, 7) is 1.67. The van der Waals surface area contributed by atoms with E-state index in [4.69, 9.17) is 0 Å². The molecule has 1 N–H and O–H groups in total. The van der Waals surface area contributed by atoms with E-state index in [0.717, 1.165) is 47.8 Å². The predicted molar refractivity (Wildman–Crippen MR) is 101 cm³/mol. The van der Waals surface area contributed by atoms with Crippen LogP contribution in [-0.4, -0.2) is 21.5 Å². The van der Waals surface area contributed by atoms with Crippen molar-refractivity contribution in [1.29, 1.82) is 0 Å². The van der Waals surface area contributed by atoms with E-state index in [1.165, 1.54) is 0 Å². The van der Waals surface area contributed by atoms with Crippen molar-refractivity contribution >= 4 is 16.5 Å². The smallest absolute Gasteiger partial charge is 0.269 e. The Hall–Kier alpha value is -2.92. The molecule has 3 aromatic rings. The van der Waals surface area contributed by atoms with Crippen LogP contribution < -0.4 is 0 Å². The molecule has 5 heteroatoms. The van der Waals surface area contributed by atoms with Crippen molar-refractivity contribution in [2.24, 2.45) is 0 Å². The molecule has 3 aromatic carbocycles. The third-order valence-corrected chi connectivity index (χ3v) is 5.19. The van der Waals surface area contributed by atoms with E-state index < -0.39 is 0 Å². The van der Waals surface area contributed by atoms with Gasteiger partial charge in [-0.1, -0.05) is 48.5 Å². The highest BCUT2D eigenvalue weighted by atomic mass is 16.6. The summed E-state index contributed by atoms with van der Waals surface area (Å²) in [4.78, 5) is 12.8. The van der Waals surface area contributed by atoms with Gasteiger partial charge in [0.1, 0.15) is 5.75 Å². The lowest BCUT2D eigenvalue weighted by molar-refractivity contribution is -0.384. The van der Waals surface area contributed by atoms with Crippen LogP contribution in [0.5, 0.6) is 5.75 Å². The number of aromatic hydroxyl groups is 1. The quantitative estimate of drug-likeness (QED) is 0.544. The maximum atomic E-state index is 10.8. The van der Waals surface area contributed by atoms with Gasteiger partial charge in [0, 0.05) is 35.7 Å². The molecule has 1 fully saturated rings. The summed E-state index contributed by atoms with van der Waals surface area (Å²) in [5.41, 5.74) is 2.12. The van der Waals surface area contributed by atoms with Crippen LogP contribution in [0.4, 0.5) is 5.69 Å². The summed E-state index contributed by atoms with van der Waals surface area (Å²) in [5, 5.41) is 23.5. The van der Waals surface area contributed by atoms with Crippen molar-refractivity contribution in [1.82, 2.24) is 4.90 Å². The van der Waals surface area contributed by atoms with Gasteiger partial charge in [0.2, 0.25) is 0 Å². The highest BCUT2D eigenvalue weighted by Gasteiger charge is 2.28. The molecule has 5 nitrogen and oxygen atoms in total. The monoisotopic (exact) mass is 348 g/mol. The third kappa shape index (κ3) is 3.02. The standard InChI is InChI=1S/C21H20N2O3/c24-21-18-5-2-1-4-16(18)9-12-19(21)20-6-3-13-22(20)14-15-7-10-17(11-8-15)23(25)26/h1-2,4-5,7-12,20,24H,3,6,13-14H2. The lowest BCUT2D eigenvalue weighted by Crippen LogP contribution is -2.22. The summed E-state index contributed by atoms with van der Waals surface area (Å²) in [5.74, 6) is 0.365. The van der Waals surface area contributed by atoms with E-state index in [1.54, 1.807) is 12.1 Å². The van der Waals surface area contributed by atoms with Crippen LogP contribution in [0.2, 0.25) is 0 Å². The minimum atomic E-state index is -0.379. The number of fused-ring (bicyclic) bond motifs is 1. The van der Waals surface area contributed by atoms with Gasteiger partial charge in [-0.2, -0.15) is 0 Å². The molecule has 0 aromatic heterocycles. The number of benzene rings is 3. The number of phenols is 1. The second kappa shape index (κ2) is 6.77. The van der Waals surface area contributed by atoms with E-state index in [1.807, 2.05) is 42.5 Å².